The van der Waals surface area contributed by atoms with Crippen LogP contribution in [-0.4, -0.2) is 53.2 Å². The average Bonchev–Trinajstić information content (AvgIpc) is 3.29. The van der Waals surface area contributed by atoms with Crippen molar-refractivity contribution in [2.24, 2.45) is 16.8 Å². The highest BCUT2D eigenvalue weighted by Gasteiger charge is 2.46. The molecular weight excluding hydrogens is 407 g/mol. The fourth-order valence-electron chi connectivity index (χ4n) is 4.43. The molecule has 0 aromatic heterocycles. The first-order valence-corrected chi connectivity index (χ1v) is 11.0. The molecule has 0 aromatic carbocycles. The third-order valence-electron chi connectivity index (χ3n) is 6.07. The molecule has 3 fully saturated rings. The minimum Gasteiger partial charge on any atom is -0.466 e. The van der Waals surface area contributed by atoms with Gasteiger partial charge in [-0.15, -0.1) is 0 Å². The minimum atomic E-state index is -4.58. The molecule has 0 aromatic rings. The normalized spacial score (nSPS) is 33.9. The molecule has 2 aliphatic carbocycles. The number of alkyl halides is 3. The highest BCUT2D eigenvalue weighted by atomic mass is 32.2. The van der Waals surface area contributed by atoms with Gasteiger partial charge in [-0.25, -0.2) is 0 Å². The Morgan fingerprint density at radius 1 is 1.41 bits per heavy atom. The number of ether oxygens (including phenoxy) is 1. The number of nitrogens with one attached hydrogen (secondary N) is 2. The number of thioether (sulfide) groups is 1. The second kappa shape index (κ2) is 8.83. The number of rotatable bonds is 8. The number of aliphatic imine (C=N–C) groups is 1. The van der Waals surface area contributed by atoms with Crippen molar-refractivity contribution in [3.05, 3.63) is 0 Å². The van der Waals surface area contributed by atoms with Crippen LogP contribution in [0, 0.1) is 11.8 Å². The van der Waals surface area contributed by atoms with E-state index in [0.29, 0.717) is 11.1 Å². The van der Waals surface area contributed by atoms with E-state index in [4.69, 9.17) is 4.99 Å². The minimum absolute atomic E-state index is 0.0308. The number of amidine groups is 1. The predicted molar refractivity (Wildman–Crippen MR) is 105 cm³/mol. The van der Waals surface area contributed by atoms with Crippen molar-refractivity contribution in [3.63, 3.8) is 0 Å². The van der Waals surface area contributed by atoms with Gasteiger partial charge >= 0.3 is 12.1 Å². The van der Waals surface area contributed by atoms with Crippen molar-refractivity contribution in [1.82, 2.24) is 10.6 Å². The molecule has 3 rings (SSSR count). The molecule has 4 unspecified atom stereocenters. The van der Waals surface area contributed by atoms with E-state index in [1.807, 2.05) is 0 Å². The first-order valence-electron chi connectivity index (χ1n) is 10.1. The summed E-state index contributed by atoms with van der Waals surface area (Å²) < 4.78 is 43.3. The van der Waals surface area contributed by atoms with Crippen LogP contribution in [0.1, 0.15) is 52.4 Å². The van der Waals surface area contributed by atoms with E-state index in [0.717, 1.165) is 12.3 Å². The molecule has 164 valence electrons. The summed E-state index contributed by atoms with van der Waals surface area (Å²) in [6.45, 7) is 3.23. The summed E-state index contributed by atoms with van der Waals surface area (Å²) in [7, 11) is 0. The van der Waals surface area contributed by atoms with E-state index in [2.05, 4.69) is 15.4 Å². The number of amides is 1. The molecule has 10 heteroatoms. The number of carbonyl (C=O) groups excluding carboxylic acids is 2. The van der Waals surface area contributed by atoms with E-state index in [9.17, 15) is 22.8 Å². The maximum absolute atomic E-state index is 13.2. The van der Waals surface area contributed by atoms with Gasteiger partial charge in [0.05, 0.1) is 19.1 Å². The third kappa shape index (κ3) is 5.45. The highest BCUT2D eigenvalue weighted by Crippen LogP contribution is 2.46. The van der Waals surface area contributed by atoms with Gasteiger partial charge in [0.1, 0.15) is 10.8 Å². The average molecular weight is 436 g/mol. The topological polar surface area (TPSA) is 79.8 Å². The zero-order valence-electron chi connectivity index (χ0n) is 16.7. The van der Waals surface area contributed by atoms with Crippen molar-refractivity contribution in [2.45, 2.75) is 75.4 Å². The van der Waals surface area contributed by atoms with Crippen LogP contribution in [0.3, 0.4) is 0 Å². The smallest absolute Gasteiger partial charge is 0.404 e. The maximum atomic E-state index is 13.2. The molecule has 2 saturated carbocycles. The Balaban J connectivity index is 1.53. The predicted octanol–water partition coefficient (Wildman–Crippen LogP) is 3.02. The van der Waals surface area contributed by atoms with Crippen molar-refractivity contribution in [1.29, 1.82) is 0 Å². The van der Waals surface area contributed by atoms with Gasteiger partial charge in [-0.2, -0.15) is 13.2 Å². The van der Waals surface area contributed by atoms with Crippen LogP contribution >= 0.6 is 11.8 Å². The first-order chi connectivity index (χ1) is 13.6. The van der Waals surface area contributed by atoms with Crippen LogP contribution in [-0.2, 0) is 14.3 Å². The van der Waals surface area contributed by atoms with Crippen LogP contribution < -0.4 is 10.6 Å². The molecule has 1 saturated heterocycles. The molecule has 2 N–H and O–H groups in total. The van der Waals surface area contributed by atoms with E-state index in [-0.39, 0.29) is 31.5 Å². The molecule has 6 nitrogen and oxygen atoms in total. The Morgan fingerprint density at radius 3 is 2.76 bits per heavy atom. The van der Waals surface area contributed by atoms with Crippen LogP contribution in [0.4, 0.5) is 13.2 Å². The van der Waals surface area contributed by atoms with Gasteiger partial charge < -0.3 is 15.4 Å². The Bertz CT molecular complexity index is 673. The standard InChI is InChI=1S/C19H28F3N3O3S/c1-3-28-15(26)10-14(19(20,21)22)23-7-6-18(2)16(27)25-17(29-18)24-13-9-11-4-5-12(13)8-11/h11-14,23H,3-10H2,1-2H3,(H,24,25,27)/t11?,12?,13?,14-,18?/m1/s1. The summed E-state index contributed by atoms with van der Waals surface area (Å²) in [5.74, 6) is 0.196. The molecule has 0 radical (unpaired) electrons. The molecule has 3 aliphatic rings. The number of hydrogen-bond acceptors (Lipinski definition) is 6. The van der Waals surface area contributed by atoms with Crippen molar-refractivity contribution >= 4 is 28.8 Å². The first kappa shape index (κ1) is 22.4. The monoisotopic (exact) mass is 435 g/mol. The molecule has 1 amide bonds. The van der Waals surface area contributed by atoms with Crippen LogP contribution in [0.5, 0.6) is 0 Å². The zero-order valence-corrected chi connectivity index (χ0v) is 17.5. The zero-order chi connectivity index (χ0) is 21.2. The Kier molecular flexibility index (Phi) is 6.82. The van der Waals surface area contributed by atoms with Gasteiger partial charge in [0, 0.05) is 0 Å². The Labute approximate surface area is 172 Å². The lowest BCUT2D eigenvalue weighted by Gasteiger charge is -2.24. The summed E-state index contributed by atoms with van der Waals surface area (Å²) in [5, 5.41) is 5.75. The quantitative estimate of drug-likeness (QED) is 0.573. The maximum Gasteiger partial charge on any atom is 0.404 e. The van der Waals surface area contributed by atoms with Gasteiger partial charge in [0.15, 0.2) is 5.17 Å². The van der Waals surface area contributed by atoms with E-state index < -0.39 is 29.4 Å². The van der Waals surface area contributed by atoms with Crippen LogP contribution in [0.2, 0.25) is 0 Å². The molecule has 29 heavy (non-hydrogen) atoms. The Morgan fingerprint density at radius 2 is 2.17 bits per heavy atom. The second-order valence-electron chi connectivity index (χ2n) is 8.27. The van der Waals surface area contributed by atoms with Crippen molar-refractivity contribution < 1.29 is 27.5 Å². The fraction of sp³-hybridized carbons (Fsp3) is 0.842. The van der Waals surface area contributed by atoms with Crippen molar-refractivity contribution in [3.8, 4) is 0 Å². The summed E-state index contributed by atoms with van der Waals surface area (Å²) in [4.78, 5) is 28.6. The van der Waals surface area contributed by atoms with E-state index in [1.54, 1.807) is 13.8 Å². The third-order valence-corrected chi connectivity index (χ3v) is 7.31. The highest BCUT2D eigenvalue weighted by molar-refractivity contribution is 8.16. The number of esters is 1. The molecule has 5 atom stereocenters. The summed E-state index contributed by atoms with van der Waals surface area (Å²) in [6.07, 6.45) is -0.455. The number of hydrogen-bond donors (Lipinski definition) is 2. The van der Waals surface area contributed by atoms with Gasteiger partial charge in [-0.3, -0.25) is 14.6 Å². The van der Waals surface area contributed by atoms with E-state index >= 15 is 0 Å². The molecule has 1 heterocycles. The second-order valence-corrected chi connectivity index (χ2v) is 9.76. The number of halogens is 3. The summed E-state index contributed by atoms with van der Waals surface area (Å²) in [5.41, 5.74) is 0. The molecular formula is C19H28F3N3O3S. The van der Waals surface area contributed by atoms with Gasteiger partial charge in [0.2, 0.25) is 5.91 Å². The fourth-order valence-corrected chi connectivity index (χ4v) is 5.54. The number of nitrogens with zero attached hydrogens (tertiary/aromatic N) is 1. The summed E-state index contributed by atoms with van der Waals surface area (Å²) >= 11 is 1.29. The van der Waals surface area contributed by atoms with Gasteiger partial charge in [0.25, 0.3) is 0 Å². The lowest BCUT2D eigenvalue weighted by molar-refractivity contribution is -0.169. The lowest BCUT2D eigenvalue weighted by atomic mass is 9.96. The van der Waals surface area contributed by atoms with Crippen molar-refractivity contribution in [2.75, 3.05) is 13.2 Å². The SMILES string of the molecule is CCOC(=O)C[C@@H](NCCC1(C)SC(=NC2CC3CCC2C3)NC1=O)C(F)(F)F. The molecule has 2 bridgehead atoms. The van der Waals surface area contributed by atoms with Gasteiger partial charge in [-0.05, 0) is 57.9 Å². The number of carbonyl (C=O) groups is 2. The van der Waals surface area contributed by atoms with Crippen LogP contribution in [0.25, 0.3) is 0 Å². The number of fused-ring (bicyclic) bond motifs is 2. The van der Waals surface area contributed by atoms with Crippen LogP contribution in [0.15, 0.2) is 4.99 Å². The largest absolute Gasteiger partial charge is 0.466 e. The Hall–Kier alpha value is -1.29. The van der Waals surface area contributed by atoms with E-state index in [1.165, 1.54) is 31.0 Å². The molecule has 0 spiro atoms. The van der Waals surface area contributed by atoms with Gasteiger partial charge in [-0.1, -0.05) is 18.2 Å². The lowest BCUT2D eigenvalue weighted by Crippen LogP contribution is -2.46. The summed E-state index contributed by atoms with van der Waals surface area (Å²) in [6, 6.07) is -1.75. The molecule has 1 aliphatic heterocycles.